The Morgan fingerprint density at radius 2 is 1.58 bits per heavy atom. The number of ketones is 1. The average Bonchev–Trinajstić information content (AvgIpc) is 3.82. The second-order valence-electron chi connectivity index (χ2n) is 15.7. The van der Waals surface area contributed by atoms with E-state index in [-0.39, 0.29) is 47.9 Å². The molecule has 0 saturated heterocycles. The Hall–Kier alpha value is -3.32. The van der Waals surface area contributed by atoms with Gasteiger partial charge in [0.05, 0.1) is 0 Å². The van der Waals surface area contributed by atoms with E-state index in [4.69, 9.17) is 8.83 Å². The van der Waals surface area contributed by atoms with Crippen molar-refractivity contribution < 1.29 is 38.8 Å². The molecule has 0 fully saturated rings. The van der Waals surface area contributed by atoms with E-state index in [0.717, 1.165) is 70.8 Å². The Kier molecular flexibility index (Phi) is 14.6. The van der Waals surface area contributed by atoms with E-state index >= 15 is 0 Å². The predicted octanol–water partition coefficient (Wildman–Crippen LogP) is 13.4. The van der Waals surface area contributed by atoms with Crippen LogP contribution < -0.4 is 0 Å². The Morgan fingerprint density at radius 1 is 0.942 bits per heavy atom. The fourth-order valence-corrected chi connectivity index (χ4v) is 7.15. The third kappa shape index (κ3) is 9.61. The number of thiophene rings is 1. The third-order valence-corrected chi connectivity index (χ3v) is 11.6. The van der Waals surface area contributed by atoms with Crippen molar-refractivity contribution in [2.24, 2.45) is 26.7 Å². The number of fused-ring (bicyclic) bond motifs is 4. The normalized spacial score (nSPS) is 13.1. The molecule has 0 aliphatic rings. The van der Waals surface area contributed by atoms with Gasteiger partial charge < -0.3 is 13.9 Å². The van der Waals surface area contributed by atoms with Gasteiger partial charge in [-0.05, 0) is 77.9 Å². The minimum absolute atomic E-state index is 0. The van der Waals surface area contributed by atoms with Gasteiger partial charge >= 0.3 is 0 Å². The number of furan rings is 2. The average molecular weight is 902 g/mol. The molecular weight excluding hydrogens is 845 g/mol. The Balaban J connectivity index is 0.000000347. The first-order chi connectivity index (χ1) is 24.0. The van der Waals surface area contributed by atoms with Crippen LogP contribution in [0.3, 0.4) is 0 Å². The number of nitrogens with zero attached hydrogens (tertiary/aromatic N) is 2. The van der Waals surface area contributed by atoms with Gasteiger partial charge in [-0.25, -0.2) is 4.99 Å². The zero-order valence-corrected chi connectivity index (χ0v) is 36.3. The molecule has 52 heavy (non-hydrogen) atoms. The van der Waals surface area contributed by atoms with Crippen molar-refractivity contribution in [3.05, 3.63) is 76.1 Å². The quantitative estimate of drug-likeness (QED) is 0.0444. The van der Waals surface area contributed by atoms with E-state index in [9.17, 15) is 9.90 Å². The van der Waals surface area contributed by atoms with Crippen LogP contribution in [0.1, 0.15) is 124 Å². The zero-order valence-electron chi connectivity index (χ0n) is 33.1. The third-order valence-electron chi connectivity index (χ3n) is 10.6. The maximum Gasteiger partial charge on any atom is 0.221 e. The maximum atomic E-state index is 12.2. The topological polar surface area (TPSA) is 88.3 Å². The first-order valence-electron chi connectivity index (χ1n) is 18.4. The van der Waals surface area contributed by atoms with Crippen LogP contribution in [0.4, 0.5) is 5.88 Å². The molecule has 5 aromatic rings. The van der Waals surface area contributed by atoms with E-state index in [0.29, 0.717) is 11.8 Å². The summed E-state index contributed by atoms with van der Waals surface area (Å²) in [6.07, 6.45) is 9.01. The van der Waals surface area contributed by atoms with Gasteiger partial charge in [-0.1, -0.05) is 81.7 Å². The minimum atomic E-state index is -0.337. The molecule has 3 heterocycles. The standard InChI is InChI=1S/C29H29N2O2S.C15H28O2.Ir/c1-17(2)11-25-18(3)27-21-14-26(33-23(21)7-8-24(27)32-25)31-16-30-15-19-12-20-9-10-34-28(20)22(13-19)29(4,5)6;1-7-14(5,8-2)12(16)11-13(17)15(6,9-3)10-4;/h7-10,13-17H,11H2,1-6H3;11,16H,7-10H2,1-6H3;/q-1;;/b30-15?,31-16-;12-11-;. The molecule has 3 aromatic heterocycles. The number of hydrogen-bond acceptors (Lipinski definition) is 6. The molecule has 0 atom stereocenters. The summed E-state index contributed by atoms with van der Waals surface area (Å²) in [6.45, 7) is 25.3. The summed E-state index contributed by atoms with van der Waals surface area (Å²) in [5.41, 5.74) is 4.57. The Bertz CT molecular complexity index is 2060. The molecule has 1 radical (unpaired) electrons. The number of aliphatic imine (C=N–C) groups is 2. The molecule has 1 N–H and O–H groups in total. The number of benzene rings is 2. The molecular formula is C44H57IrN2O4S-. The Morgan fingerprint density at radius 3 is 2.17 bits per heavy atom. The number of aryl methyl sites for hydroxylation is 1. The van der Waals surface area contributed by atoms with Gasteiger partial charge in [0.1, 0.15) is 29.0 Å². The molecule has 5 rings (SSSR count). The SMILES string of the molecule is CCC(C)(CC)C(=O)/C=C(\O)C(C)(CC)CC.Cc1c(CC(C)C)oc2ccc3oc(/N=C\N=Cc4[c-]c5ccsc5c(C(C)(C)C)c4)cc3c12.[Ir]. The van der Waals surface area contributed by atoms with E-state index in [2.05, 4.69) is 75.1 Å². The van der Waals surface area contributed by atoms with Gasteiger partial charge in [0, 0.05) is 60.3 Å². The number of carbonyl (C=O) groups excluding carboxylic acids is 1. The second kappa shape index (κ2) is 17.7. The van der Waals surface area contributed by atoms with Crippen molar-refractivity contribution in [1.29, 1.82) is 0 Å². The summed E-state index contributed by atoms with van der Waals surface area (Å²) in [7, 11) is 0. The van der Waals surface area contributed by atoms with Crippen LogP contribution in [-0.4, -0.2) is 23.4 Å². The zero-order chi connectivity index (χ0) is 37.7. The van der Waals surface area contributed by atoms with Crippen LogP contribution in [0.15, 0.2) is 66.4 Å². The summed E-state index contributed by atoms with van der Waals surface area (Å²) >= 11 is 1.76. The fraction of sp³-hybridized carbons (Fsp3) is 0.477. The molecule has 2 aromatic carbocycles. The van der Waals surface area contributed by atoms with Crippen molar-refractivity contribution in [1.82, 2.24) is 0 Å². The summed E-state index contributed by atoms with van der Waals surface area (Å²) in [4.78, 5) is 21.0. The number of aliphatic hydroxyl groups excluding tert-OH is 1. The molecule has 0 aliphatic carbocycles. The molecule has 0 amide bonds. The molecule has 0 saturated carbocycles. The van der Waals surface area contributed by atoms with E-state index in [1.807, 2.05) is 59.7 Å². The van der Waals surface area contributed by atoms with Crippen LogP contribution >= 0.6 is 11.3 Å². The van der Waals surface area contributed by atoms with Crippen LogP contribution in [0.2, 0.25) is 0 Å². The van der Waals surface area contributed by atoms with Crippen molar-refractivity contribution >= 4 is 67.6 Å². The van der Waals surface area contributed by atoms with Crippen LogP contribution in [0.5, 0.6) is 0 Å². The van der Waals surface area contributed by atoms with Gasteiger partial charge in [0.2, 0.25) is 5.88 Å². The van der Waals surface area contributed by atoms with E-state index in [1.54, 1.807) is 17.6 Å². The number of carbonyl (C=O) groups is 1. The molecule has 0 unspecified atom stereocenters. The summed E-state index contributed by atoms with van der Waals surface area (Å²) in [5, 5.41) is 15.5. The van der Waals surface area contributed by atoms with Crippen LogP contribution in [0.25, 0.3) is 32.0 Å². The van der Waals surface area contributed by atoms with Gasteiger partial charge in [-0.3, -0.25) is 9.79 Å². The summed E-state index contributed by atoms with van der Waals surface area (Å²) in [6, 6.07) is 13.6. The second-order valence-corrected chi connectivity index (χ2v) is 16.6. The smallest absolute Gasteiger partial charge is 0.221 e. The minimum Gasteiger partial charge on any atom is -0.512 e. The predicted molar refractivity (Wildman–Crippen MR) is 217 cm³/mol. The summed E-state index contributed by atoms with van der Waals surface area (Å²) < 4.78 is 13.4. The Labute approximate surface area is 328 Å². The fourth-order valence-electron chi connectivity index (χ4n) is 6.07. The van der Waals surface area contributed by atoms with Gasteiger partial charge in [-0.2, -0.15) is 11.3 Å². The first kappa shape index (κ1) is 43.1. The molecule has 8 heteroatoms. The van der Waals surface area contributed by atoms with Crippen molar-refractivity contribution in [3.8, 4) is 0 Å². The monoisotopic (exact) mass is 902 g/mol. The molecule has 0 aliphatic heterocycles. The first-order valence-corrected chi connectivity index (χ1v) is 19.3. The van der Waals surface area contributed by atoms with Crippen molar-refractivity contribution in [2.75, 3.05) is 0 Å². The maximum absolute atomic E-state index is 12.2. The molecule has 0 bridgehead atoms. The number of rotatable bonds is 12. The number of hydrogen-bond donors (Lipinski definition) is 1. The van der Waals surface area contributed by atoms with Crippen molar-refractivity contribution in [2.45, 2.75) is 121 Å². The molecule has 0 spiro atoms. The number of aliphatic hydroxyl groups is 1. The van der Waals surface area contributed by atoms with Crippen molar-refractivity contribution in [3.63, 3.8) is 0 Å². The van der Waals surface area contributed by atoms with Crippen LogP contribution in [-0.2, 0) is 36.7 Å². The van der Waals surface area contributed by atoms with Gasteiger partial charge in [0.15, 0.2) is 5.78 Å². The van der Waals surface area contributed by atoms with Gasteiger partial charge in [0.25, 0.3) is 0 Å². The van der Waals surface area contributed by atoms with Crippen LogP contribution in [0, 0.1) is 29.7 Å². The number of allylic oxidation sites excluding steroid dienone is 2. The largest absolute Gasteiger partial charge is 0.512 e. The molecule has 283 valence electrons. The van der Waals surface area contributed by atoms with E-state index < -0.39 is 0 Å². The summed E-state index contributed by atoms with van der Waals surface area (Å²) in [5.74, 6) is 2.39. The van der Waals surface area contributed by atoms with E-state index in [1.165, 1.54) is 28.2 Å². The molecule has 6 nitrogen and oxygen atoms in total. The van der Waals surface area contributed by atoms with Gasteiger partial charge in [-0.15, -0.1) is 29.1 Å².